The number of rotatable bonds is 3. The van der Waals surface area contributed by atoms with Crippen LogP contribution in [-0.2, 0) is 0 Å². The molecule has 2 heterocycles. The lowest BCUT2D eigenvalue weighted by Crippen LogP contribution is -2.00. The smallest absolute Gasteiger partial charge is 0.164 e. The summed E-state index contributed by atoms with van der Waals surface area (Å²) in [7, 11) is 0. The van der Waals surface area contributed by atoms with Gasteiger partial charge in [0, 0.05) is 32.8 Å². The van der Waals surface area contributed by atoms with Crippen LogP contribution < -0.4 is 0 Å². The molecule has 0 fully saturated rings. The van der Waals surface area contributed by atoms with Gasteiger partial charge in [-0.2, -0.15) is 0 Å². The van der Waals surface area contributed by atoms with E-state index in [4.69, 9.17) is 19.4 Å². The third kappa shape index (κ3) is 3.88. The summed E-state index contributed by atoms with van der Waals surface area (Å²) in [5.41, 5.74) is 4.65. The van der Waals surface area contributed by atoms with Gasteiger partial charge in [0.2, 0.25) is 0 Å². The highest BCUT2D eigenvalue weighted by atomic mass is 16.3. The maximum atomic E-state index is 6.21. The van der Waals surface area contributed by atoms with E-state index in [0.29, 0.717) is 17.5 Å². The molecule has 0 amide bonds. The number of benzene rings is 7. The molecule has 0 saturated carbocycles. The van der Waals surface area contributed by atoms with Gasteiger partial charge in [0.15, 0.2) is 17.5 Å². The van der Waals surface area contributed by atoms with Gasteiger partial charge in [-0.15, -0.1) is 0 Å². The Kier molecular flexibility index (Phi) is 5.16. The molecule has 0 unspecified atom stereocenters. The topological polar surface area (TPSA) is 51.8 Å². The van der Waals surface area contributed by atoms with Crippen LogP contribution in [0, 0.1) is 0 Å². The van der Waals surface area contributed by atoms with Crippen molar-refractivity contribution >= 4 is 54.3 Å². The normalized spacial score (nSPS) is 11.7. The van der Waals surface area contributed by atoms with Crippen molar-refractivity contribution in [3.63, 3.8) is 0 Å². The van der Waals surface area contributed by atoms with E-state index in [-0.39, 0.29) is 0 Å². The molecule has 0 bridgehead atoms. The Morgan fingerprint density at radius 3 is 1.79 bits per heavy atom. The van der Waals surface area contributed by atoms with Crippen molar-refractivity contribution in [2.75, 3.05) is 0 Å². The lowest BCUT2D eigenvalue weighted by molar-refractivity contribution is 0.669. The molecule has 9 aromatic rings. The number of furan rings is 1. The molecule has 4 nitrogen and oxygen atoms in total. The highest BCUT2D eigenvalue weighted by molar-refractivity contribution is 6.26. The average molecular weight is 550 g/mol. The highest BCUT2D eigenvalue weighted by Crippen LogP contribution is 2.39. The number of hydrogen-bond acceptors (Lipinski definition) is 4. The lowest BCUT2D eigenvalue weighted by Gasteiger charge is -2.11. The number of aromatic nitrogens is 3. The zero-order valence-corrected chi connectivity index (χ0v) is 23.0. The number of fused-ring (bicyclic) bond motifs is 8. The Labute approximate surface area is 246 Å². The molecule has 200 valence electrons. The van der Waals surface area contributed by atoms with Crippen LogP contribution in [0.1, 0.15) is 0 Å². The predicted molar refractivity (Wildman–Crippen MR) is 176 cm³/mol. The molecule has 2 aromatic heterocycles. The third-order valence-corrected chi connectivity index (χ3v) is 8.27. The molecule has 9 rings (SSSR count). The molecule has 0 spiro atoms. The molecular weight excluding hydrogens is 526 g/mol. The van der Waals surface area contributed by atoms with Crippen LogP contribution in [0.25, 0.3) is 88.4 Å². The Morgan fingerprint density at radius 1 is 0.349 bits per heavy atom. The Balaban J connectivity index is 1.26. The van der Waals surface area contributed by atoms with Crippen LogP contribution >= 0.6 is 0 Å². The van der Waals surface area contributed by atoms with Gasteiger partial charge < -0.3 is 4.42 Å². The van der Waals surface area contributed by atoms with Crippen molar-refractivity contribution in [1.82, 2.24) is 15.0 Å². The minimum atomic E-state index is 0.644. The molecule has 0 aliphatic carbocycles. The number of hydrogen-bond donors (Lipinski definition) is 0. The van der Waals surface area contributed by atoms with Gasteiger partial charge >= 0.3 is 0 Å². The first-order valence-electron chi connectivity index (χ1n) is 14.4. The fraction of sp³-hybridized carbons (Fsp3) is 0. The fourth-order valence-electron chi connectivity index (χ4n) is 6.19. The number of nitrogens with zero attached hydrogens (tertiary/aromatic N) is 3. The van der Waals surface area contributed by atoms with Crippen LogP contribution in [0.15, 0.2) is 144 Å². The van der Waals surface area contributed by atoms with Crippen molar-refractivity contribution < 1.29 is 4.42 Å². The molecule has 7 aromatic carbocycles. The van der Waals surface area contributed by atoms with Gasteiger partial charge in [-0.1, -0.05) is 115 Å². The summed E-state index contributed by atoms with van der Waals surface area (Å²) in [6, 6.07) is 48.1. The summed E-state index contributed by atoms with van der Waals surface area (Å²) >= 11 is 0. The lowest BCUT2D eigenvalue weighted by atomic mass is 9.96. The minimum absolute atomic E-state index is 0.644. The van der Waals surface area contributed by atoms with E-state index in [1.54, 1.807) is 0 Å². The van der Waals surface area contributed by atoms with Gasteiger partial charge in [-0.25, -0.2) is 15.0 Å². The quantitative estimate of drug-likeness (QED) is 0.206. The monoisotopic (exact) mass is 549 g/mol. The van der Waals surface area contributed by atoms with Crippen molar-refractivity contribution in [3.8, 4) is 34.2 Å². The molecule has 0 atom stereocenters. The first-order chi connectivity index (χ1) is 21.3. The second-order valence-electron chi connectivity index (χ2n) is 10.9. The highest BCUT2D eigenvalue weighted by Gasteiger charge is 2.16. The molecule has 0 radical (unpaired) electrons. The van der Waals surface area contributed by atoms with E-state index in [1.807, 2.05) is 42.5 Å². The SMILES string of the molecule is c1ccc(-c2nc(-c3ccc4ccccc4c3)nc(-c3ccc4c(ccc5ccc6oc7ccccc7c6c54)c3)n2)cc1. The van der Waals surface area contributed by atoms with Crippen molar-refractivity contribution in [1.29, 1.82) is 0 Å². The zero-order valence-electron chi connectivity index (χ0n) is 23.0. The van der Waals surface area contributed by atoms with Gasteiger partial charge in [-0.05, 0) is 51.2 Å². The van der Waals surface area contributed by atoms with E-state index in [2.05, 4.69) is 97.1 Å². The van der Waals surface area contributed by atoms with Crippen LogP contribution in [0.2, 0.25) is 0 Å². The first-order valence-corrected chi connectivity index (χ1v) is 14.4. The summed E-state index contributed by atoms with van der Waals surface area (Å²) in [5.74, 6) is 1.95. The van der Waals surface area contributed by atoms with E-state index < -0.39 is 0 Å². The fourth-order valence-corrected chi connectivity index (χ4v) is 6.19. The molecule has 0 saturated heterocycles. The maximum absolute atomic E-state index is 6.21. The summed E-state index contributed by atoms with van der Waals surface area (Å²) < 4.78 is 6.21. The average Bonchev–Trinajstić information content (AvgIpc) is 3.47. The van der Waals surface area contributed by atoms with Crippen molar-refractivity contribution in [2.24, 2.45) is 0 Å². The standard InChI is InChI=1S/C39H23N3O/c1-2-9-26(10-3-1)37-40-38(29-17-14-24-8-4-5-11-27(24)22-29)42-39(41-37)30-18-20-31-28(23-30)16-15-25-19-21-34-36(35(25)31)32-12-6-7-13-33(32)43-34/h1-23H. The molecule has 0 N–H and O–H groups in total. The van der Waals surface area contributed by atoms with E-state index in [1.165, 1.54) is 21.5 Å². The van der Waals surface area contributed by atoms with Crippen LogP contribution in [0.4, 0.5) is 0 Å². The molecule has 0 aliphatic rings. The Hall–Kier alpha value is -5.87. The van der Waals surface area contributed by atoms with Crippen LogP contribution in [0.3, 0.4) is 0 Å². The summed E-state index contributed by atoms with van der Waals surface area (Å²) in [6.07, 6.45) is 0. The molecule has 0 aliphatic heterocycles. The Morgan fingerprint density at radius 2 is 0.953 bits per heavy atom. The van der Waals surface area contributed by atoms with E-state index >= 15 is 0 Å². The second-order valence-corrected chi connectivity index (χ2v) is 10.9. The van der Waals surface area contributed by atoms with E-state index in [0.717, 1.165) is 49.4 Å². The van der Waals surface area contributed by atoms with Gasteiger partial charge in [0.25, 0.3) is 0 Å². The predicted octanol–water partition coefficient (Wildman–Crippen LogP) is 10.2. The van der Waals surface area contributed by atoms with E-state index in [9.17, 15) is 0 Å². The largest absolute Gasteiger partial charge is 0.456 e. The molecular formula is C39H23N3O. The summed E-state index contributed by atoms with van der Waals surface area (Å²) in [5, 5.41) is 9.29. The van der Waals surface area contributed by atoms with Crippen molar-refractivity contribution in [2.45, 2.75) is 0 Å². The summed E-state index contributed by atoms with van der Waals surface area (Å²) in [4.78, 5) is 14.9. The molecule has 43 heavy (non-hydrogen) atoms. The summed E-state index contributed by atoms with van der Waals surface area (Å²) in [6.45, 7) is 0. The van der Waals surface area contributed by atoms with Crippen LogP contribution in [0.5, 0.6) is 0 Å². The maximum Gasteiger partial charge on any atom is 0.164 e. The first kappa shape index (κ1) is 23.8. The van der Waals surface area contributed by atoms with Crippen molar-refractivity contribution in [3.05, 3.63) is 140 Å². The third-order valence-electron chi connectivity index (χ3n) is 8.27. The minimum Gasteiger partial charge on any atom is -0.456 e. The van der Waals surface area contributed by atoms with Gasteiger partial charge in [0.1, 0.15) is 11.2 Å². The van der Waals surface area contributed by atoms with Crippen LogP contribution in [-0.4, -0.2) is 15.0 Å². The zero-order chi connectivity index (χ0) is 28.3. The Bertz CT molecular complexity index is 2510. The molecule has 4 heteroatoms. The van der Waals surface area contributed by atoms with Gasteiger partial charge in [0.05, 0.1) is 0 Å². The van der Waals surface area contributed by atoms with Gasteiger partial charge in [-0.3, -0.25) is 0 Å². The number of para-hydroxylation sites is 1. The second kappa shape index (κ2) is 9.33.